The largest absolute Gasteiger partial charge is 0.362 e. The van der Waals surface area contributed by atoms with Gasteiger partial charge in [0.05, 0.1) is 0 Å². The van der Waals surface area contributed by atoms with Crippen molar-refractivity contribution >= 4 is 11.7 Å². The highest BCUT2D eigenvalue weighted by atomic mass is 16.1. The lowest BCUT2D eigenvalue weighted by Gasteiger charge is -2.17. The first-order valence-electron chi connectivity index (χ1n) is 6.57. The van der Waals surface area contributed by atoms with Crippen LogP contribution < -0.4 is 10.2 Å². The second-order valence-electron chi connectivity index (χ2n) is 5.08. The summed E-state index contributed by atoms with van der Waals surface area (Å²) in [5.74, 6) is 1.34. The molecule has 1 heterocycles. The van der Waals surface area contributed by atoms with Gasteiger partial charge >= 0.3 is 0 Å². The third kappa shape index (κ3) is 3.00. The zero-order valence-electron chi connectivity index (χ0n) is 11.1. The lowest BCUT2D eigenvalue weighted by molar-refractivity contribution is -0.124. The predicted molar refractivity (Wildman–Crippen MR) is 72.4 cm³/mol. The van der Waals surface area contributed by atoms with Crippen LogP contribution in [0.1, 0.15) is 31.2 Å². The summed E-state index contributed by atoms with van der Waals surface area (Å²) in [7, 11) is 3.93. The first kappa shape index (κ1) is 12.9. The Hall–Kier alpha value is -1.58. The van der Waals surface area contributed by atoms with Gasteiger partial charge in [-0.3, -0.25) is 4.79 Å². The highest BCUT2D eigenvalue weighted by Gasteiger charge is 2.22. The topological polar surface area (TPSA) is 45.2 Å². The van der Waals surface area contributed by atoms with Crippen molar-refractivity contribution < 1.29 is 4.79 Å². The molecule has 0 bridgehead atoms. The molecule has 1 aromatic rings. The van der Waals surface area contributed by atoms with E-state index in [1.165, 1.54) is 12.8 Å². The molecule has 4 heteroatoms. The average Bonchev–Trinajstić information content (AvgIpc) is 2.90. The van der Waals surface area contributed by atoms with E-state index in [4.69, 9.17) is 0 Å². The Kier molecular flexibility index (Phi) is 4.18. The molecule has 98 valence electrons. The van der Waals surface area contributed by atoms with Crippen LogP contribution >= 0.6 is 0 Å². The van der Waals surface area contributed by atoms with E-state index in [9.17, 15) is 4.79 Å². The molecular weight excluding hydrogens is 226 g/mol. The van der Waals surface area contributed by atoms with Crippen LogP contribution in [-0.4, -0.2) is 25.0 Å². The molecule has 18 heavy (non-hydrogen) atoms. The van der Waals surface area contributed by atoms with Gasteiger partial charge in [-0.1, -0.05) is 18.9 Å². The number of aromatic nitrogens is 1. The number of carbonyl (C=O) groups is 1. The van der Waals surface area contributed by atoms with Gasteiger partial charge in [0.2, 0.25) is 5.91 Å². The van der Waals surface area contributed by atoms with E-state index in [1.54, 1.807) is 6.20 Å². The predicted octanol–water partition coefficient (Wildman–Crippen LogP) is 1.95. The maximum absolute atomic E-state index is 12.0. The highest BCUT2D eigenvalue weighted by molar-refractivity contribution is 5.79. The highest BCUT2D eigenvalue weighted by Crippen LogP contribution is 2.25. The van der Waals surface area contributed by atoms with Crippen LogP contribution in [0.2, 0.25) is 0 Å². The van der Waals surface area contributed by atoms with Crippen molar-refractivity contribution in [1.29, 1.82) is 0 Å². The molecule has 0 spiro atoms. The maximum atomic E-state index is 12.0. The fourth-order valence-corrected chi connectivity index (χ4v) is 2.49. The summed E-state index contributed by atoms with van der Waals surface area (Å²) in [4.78, 5) is 18.3. The first-order valence-corrected chi connectivity index (χ1v) is 6.57. The Morgan fingerprint density at radius 3 is 2.83 bits per heavy atom. The van der Waals surface area contributed by atoms with Gasteiger partial charge in [0.1, 0.15) is 5.82 Å². The van der Waals surface area contributed by atoms with Gasteiger partial charge in [-0.05, 0) is 18.9 Å². The Morgan fingerprint density at radius 2 is 2.17 bits per heavy atom. The van der Waals surface area contributed by atoms with Crippen LogP contribution in [0.15, 0.2) is 18.3 Å². The third-order valence-electron chi connectivity index (χ3n) is 3.47. The zero-order chi connectivity index (χ0) is 13.0. The minimum Gasteiger partial charge on any atom is -0.362 e. The standard InChI is InChI=1S/C14H21N3O/c1-17(2)13-12(8-5-9-15-13)10-16-14(18)11-6-3-4-7-11/h5,8-9,11H,3-4,6-7,10H2,1-2H3,(H,16,18). The summed E-state index contributed by atoms with van der Waals surface area (Å²) < 4.78 is 0. The van der Waals surface area contributed by atoms with Crippen LogP contribution in [0.25, 0.3) is 0 Å². The number of anilines is 1. The molecule has 0 radical (unpaired) electrons. The molecule has 2 rings (SSSR count). The van der Waals surface area contributed by atoms with Gasteiger partial charge in [-0.25, -0.2) is 4.98 Å². The summed E-state index contributed by atoms with van der Waals surface area (Å²) in [6.45, 7) is 0.566. The van der Waals surface area contributed by atoms with E-state index in [0.29, 0.717) is 6.54 Å². The molecule has 1 N–H and O–H groups in total. The molecule has 0 saturated heterocycles. The third-order valence-corrected chi connectivity index (χ3v) is 3.47. The fourth-order valence-electron chi connectivity index (χ4n) is 2.49. The van der Waals surface area contributed by atoms with Crippen molar-refractivity contribution in [3.63, 3.8) is 0 Å². The maximum Gasteiger partial charge on any atom is 0.223 e. The van der Waals surface area contributed by atoms with E-state index in [0.717, 1.165) is 24.2 Å². The van der Waals surface area contributed by atoms with Gasteiger partial charge in [0, 0.05) is 38.3 Å². The van der Waals surface area contributed by atoms with Gasteiger partial charge in [-0.2, -0.15) is 0 Å². The normalized spacial score (nSPS) is 15.7. The van der Waals surface area contributed by atoms with Crippen molar-refractivity contribution in [2.45, 2.75) is 32.2 Å². The van der Waals surface area contributed by atoms with Gasteiger partial charge in [-0.15, -0.1) is 0 Å². The Balaban J connectivity index is 1.95. The van der Waals surface area contributed by atoms with E-state index in [1.807, 2.05) is 31.1 Å². The van der Waals surface area contributed by atoms with Gasteiger partial charge in [0.15, 0.2) is 0 Å². The Morgan fingerprint density at radius 1 is 1.44 bits per heavy atom. The molecule has 1 aliphatic rings. The minimum absolute atomic E-state index is 0.195. The molecular formula is C14H21N3O. The molecule has 1 saturated carbocycles. The summed E-state index contributed by atoms with van der Waals surface area (Å²) >= 11 is 0. The van der Waals surface area contributed by atoms with Crippen molar-refractivity contribution in [3.05, 3.63) is 23.9 Å². The molecule has 1 aliphatic carbocycles. The van der Waals surface area contributed by atoms with Gasteiger partial charge < -0.3 is 10.2 Å². The van der Waals surface area contributed by atoms with Crippen molar-refractivity contribution in [2.75, 3.05) is 19.0 Å². The van der Waals surface area contributed by atoms with Crippen molar-refractivity contribution in [3.8, 4) is 0 Å². The molecule has 1 amide bonds. The van der Waals surface area contributed by atoms with E-state index < -0.39 is 0 Å². The van der Waals surface area contributed by atoms with E-state index >= 15 is 0 Å². The van der Waals surface area contributed by atoms with Crippen LogP contribution in [0, 0.1) is 5.92 Å². The lowest BCUT2D eigenvalue weighted by Crippen LogP contribution is -2.29. The zero-order valence-corrected chi connectivity index (χ0v) is 11.1. The number of rotatable bonds is 4. The van der Waals surface area contributed by atoms with Crippen LogP contribution in [0.4, 0.5) is 5.82 Å². The summed E-state index contributed by atoms with van der Waals surface area (Å²) in [6.07, 6.45) is 6.23. The molecule has 0 unspecified atom stereocenters. The quantitative estimate of drug-likeness (QED) is 0.884. The first-order chi connectivity index (χ1) is 8.68. The second kappa shape index (κ2) is 5.85. The summed E-state index contributed by atoms with van der Waals surface area (Å²) in [5.41, 5.74) is 1.06. The number of nitrogens with one attached hydrogen (secondary N) is 1. The van der Waals surface area contributed by atoms with E-state index in [2.05, 4.69) is 10.3 Å². The molecule has 1 aromatic heterocycles. The fraction of sp³-hybridized carbons (Fsp3) is 0.571. The number of hydrogen-bond acceptors (Lipinski definition) is 3. The lowest BCUT2D eigenvalue weighted by atomic mass is 10.1. The Labute approximate surface area is 108 Å². The van der Waals surface area contributed by atoms with Crippen molar-refractivity contribution in [2.24, 2.45) is 5.92 Å². The van der Waals surface area contributed by atoms with Crippen LogP contribution in [0.5, 0.6) is 0 Å². The number of nitrogens with zero attached hydrogens (tertiary/aromatic N) is 2. The Bertz CT molecular complexity index is 411. The smallest absolute Gasteiger partial charge is 0.223 e. The molecule has 4 nitrogen and oxygen atoms in total. The molecule has 1 fully saturated rings. The molecule has 0 aliphatic heterocycles. The van der Waals surface area contributed by atoms with Crippen molar-refractivity contribution in [1.82, 2.24) is 10.3 Å². The SMILES string of the molecule is CN(C)c1ncccc1CNC(=O)C1CCCC1. The van der Waals surface area contributed by atoms with E-state index in [-0.39, 0.29) is 11.8 Å². The number of hydrogen-bond donors (Lipinski definition) is 1. The number of amides is 1. The summed E-state index contributed by atoms with van der Waals surface area (Å²) in [5, 5.41) is 3.03. The van der Waals surface area contributed by atoms with Crippen LogP contribution in [0.3, 0.4) is 0 Å². The number of carbonyl (C=O) groups excluding carboxylic acids is 1. The summed E-state index contributed by atoms with van der Waals surface area (Å²) in [6, 6.07) is 3.92. The number of pyridine rings is 1. The van der Waals surface area contributed by atoms with Gasteiger partial charge in [0.25, 0.3) is 0 Å². The monoisotopic (exact) mass is 247 g/mol. The molecule has 0 atom stereocenters. The average molecular weight is 247 g/mol. The minimum atomic E-state index is 0.195. The molecule has 0 aromatic carbocycles. The second-order valence-corrected chi connectivity index (χ2v) is 5.08. The van der Waals surface area contributed by atoms with Crippen LogP contribution in [-0.2, 0) is 11.3 Å².